The maximum Gasteiger partial charge on any atom is 0.0900 e. The van der Waals surface area contributed by atoms with Crippen LogP contribution in [0.4, 0.5) is 0 Å². The minimum Gasteiger partial charge on any atom is -0.389 e. The van der Waals surface area contributed by atoms with E-state index in [1.165, 1.54) is 4.88 Å². The molecule has 18 heavy (non-hydrogen) atoms. The number of hydrogen-bond acceptors (Lipinski definition) is 4. The van der Waals surface area contributed by atoms with Gasteiger partial charge in [-0.2, -0.15) is 0 Å². The average molecular weight is 271 g/mol. The van der Waals surface area contributed by atoms with Crippen LogP contribution in [0.3, 0.4) is 0 Å². The number of ether oxygens (including phenoxy) is 1. The molecule has 3 nitrogen and oxygen atoms in total. The summed E-state index contributed by atoms with van der Waals surface area (Å²) in [7, 11) is 0. The molecule has 104 valence electrons. The normalized spacial score (nSPS) is 13.4. The number of nitrogens with zero attached hydrogens (tertiary/aromatic N) is 1. The van der Waals surface area contributed by atoms with E-state index in [2.05, 4.69) is 29.3 Å². The van der Waals surface area contributed by atoms with E-state index in [1.54, 1.807) is 11.3 Å². The molecule has 0 bridgehead atoms. The van der Waals surface area contributed by atoms with Gasteiger partial charge in [0.2, 0.25) is 0 Å². The summed E-state index contributed by atoms with van der Waals surface area (Å²) in [6.07, 6.45) is 0.874. The lowest BCUT2D eigenvalue weighted by atomic mass is 10.3. The fourth-order valence-electron chi connectivity index (χ4n) is 1.83. The molecule has 4 heteroatoms. The molecular weight excluding hydrogens is 246 g/mol. The molecule has 0 aliphatic heterocycles. The Morgan fingerprint density at radius 1 is 1.44 bits per heavy atom. The second-order valence-corrected chi connectivity index (χ2v) is 5.88. The summed E-state index contributed by atoms with van der Waals surface area (Å²) >= 11 is 1.77. The number of thiophene rings is 1. The van der Waals surface area contributed by atoms with Gasteiger partial charge in [0.05, 0.1) is 18.8 Å². The predicted molar refractivity (Wildman–Crippen MR) is 77.0 cm³/mol. The highest BCUT2D eigenvalue weighted by Gasteiger charge is 2.12. The molecule has 0 unspecified atom stereocenters. The standard InChI is InChI=1S/C14H25NO2S/c1-4-7-15(10-14-6-5-8-18-14)9-13(16)11-17-12(2)3/h5-6,8,12-13,16H,4,7,9-11H2,1-3H3/t13-/m0/s1. The summed E-state index contributed by atoms with van der Waals surface area (Å²) < 4.78 is 5.44. The molecule has 1 heterocycles. The lowest BCUT2D eigenvalue weighted by Crippen LogP contribution is -2.35. The van der Waals surface area contributed by atoms with E-state index < -0.39 is 6.10 Å². The molecule has 1 atom stereocenters. The zero-order valence-corrected chi connectivity index (χ0v) is 12.4. The van der Waals surface area contributed by atoms with Gasteiger partial charge in [0.15, 0.2) is 0 Å². The van der Waals surface area contributed by atoms with Crippen molar-refractivity contribution in [1.29, 1.82) is 0 Å². The monoisotopic (exact) mass is 271 g/mol. The number of hydrogen-bond donors (Lipinski definition) is 1. The van der Waals surface area contributed by atoms with Crippen molar-refractivity contribution >= 4 is 11.3 Å². The highest BCUT2D eigenvalue weighted by atomic mass is 32.1. The van der Waals surface area contributed by atoms with Crippen LogP contribution in [0.25, 0.3) is 0 Å². The molecule has 1 aromatic heterocycles. The number of aliphatic hydroxyl groups is 1. The maximum absolute atomic E-state index is 9.96. The first-order valence-corrected chi connectivity index (χ1v) is 7.54. The van der Waals surface area contributed by atoms with E-state index in [1.807, 2.05) is 13.8 Å². The van der Waals surface area contributed by atoms with Gasteiger partial charge in [-0.25, -0.2) is 0 Å². The summed E-state index contributed by atoms with van der Waals surface area (Å²) in [5.74, 6) is 0. The van der Waals surface area contributed by atoms with Crippen molar-refractivity contribution in [1.82, 2.24) is 4.90 Å². The van der Waals surface area contributed by atoms with Gasteiger partial charge in [0, 0.05) is 18.0 Å². The molecule has 1 rings (SSSR count). The zero-order valence-electron chi connectivity index (χ0n) is 11.6. The van der Waals surface area contributed by atoms with Crippen molar-refractivity contribution in [3.8, 4) is 0 Å². The molecule has 0 saturated carbocycles. The predicted octanol–water partition coefficient (Wildman–Crippen LogP) is 2.75. The summed E-state index contributed by atoms with van der Waals surface area (Å²) in [6, 6.07) is 4.22. The molecule has 1 N–H and O–H groups in total. The first-order chi connectivity index (χ1) is 8.61. The van der Waals surface area contributed by atoms with Crippen LogP contribution in [0.1, 0.15) is 32.1 Å². The summed E-state index contributed by atoms with van der Waals surface area (Å²) in [6.45, 7) is 9.17. The molecule has 0 spiro atoms. The van der Waals surface area contributed by atoms with Crippen LogP contribution in [0.2, 0.25) is 0 Å². The van der Waals surface area contributed by atoms with Crippen LogP contribution in [0.5, 0.6) is 0 Å². The highest BCUT2D eigenvalue weighted by Crippen LogP contribution is 2.12. The van der Waals surface area contributed by atoms with Crippen LogP contribution < -0.4 is 0 Å². The van der Waals surface area contributed by atoms with E-state index in [4.69, 9.17) is 4.74 Å². The van der Waals surface area contributed by atoms with Crippen molar-refractivity contribution in [3.05, 3.63) is 22.4 Å². The third-order valence-corrected chi connectivity index (χ3v) is 3.45. The van der Waals surface area contributed by atoms with E-state index in [0.29, 0.717) is 13.2 Å². The molecule has 0 aliphatic rings. The largest absolute Gasteiger partial charge is 0.389 e. The fraction of sp³-hybridized carbons (Fsp3) is 0.714. The topological polar surface area (TPSA) is 32.7 Å². The van der Waals surface area contributed by atoms with Gasteiger partial charge in [-0.3, -0.25) is 4.90 Å². The van der Waals surface area contributed by atoms with Gasteiger partial charge in [-0.15, -0.1) is 11.3 Å². The lowest BCUT2D eigenvalue weighted by molar-refractivity contribution is -0.00938. The van der Waals surface area contributed by atoms with Crippen molar-refractivity contribution in [2.75, 3.05) is 19.7 Å². The molecule has 0 fully saturated rings. The van der Waals surface area contributed by atoms with Gasteiger partial charge in [0.1, 0.15) is 0 Å². The van der Waals surface area contributed by atoms with Gasteiger partial charge >= 0.3 is 0 Å². The van der Waals surface area contributed by atoms with Gasteiger partial charge in [-0.1, -0.05) is 13.0 Å². The SMILES string of the molecule is CCCN(Cc1cccs1)C[C@H](O)COC(C)C. The zero-order chi connectivity index (χ0) is 13.4. The highest BCUT2D eigenvalue weighted by molar-refractivity contribution is 7.09. The summed E-state index contributed by atoms with van der Waals surface area (Å²) in [4.78, 5) is 3.64. The third-order valence-electron chi connectivity index (χ3n) is 2.59. The van der Waals surface area contributed by atoms with E-state index in [0.717, 1.165) is 19.5 Å². The maximum atomic E-state index is 9.96. The smallest absolute Gasteiger partial charge is 0.0900 e. The minimum atomic E-state index is -0.404. The second-order valence-electron chi connectivity index (χ2n) is 4.85. The molecule has 0 aromatic carbocycles. The van der Waals surface area contributed by atoms with E-state index in [9.17, 15) is 5.11 Å². The van der Waals surface area contributed by atoms with Crippen molar-refractivity contribution < 1.29 is 9.84 Å². The molecule has 1 aromatic rings. The van der Waals surface area contributed by atoms with Crippen molar-refractivity contribution in [2.24, 2.45) is 0 Å². The van der Waals surface area contributed by atoms with Crippen LogP contribution in [-0.2, 0) is 11.3 Å². The third kappa shape index (κ3) is 6.50. The van der Waals surface area contributed by atoms with Gasteiger partial charge in [0.25, 0.3) is 0 Å². The van der Waals surface area contributed by atoms with Crippen LogP contribution in [0.15, 0.2) is 17.5 Å². The van der Waals surface area contributed by atoms with Crippen molar-refractivity contribution in [2.45, 2.75) is 45.9 Å². The Kier molecular flexibility index (Phi) is 7.51. The summed E-state index contributed by atoms with van der Waals surface area (Å²) in [5.41, 5.74) is 0. The van der Waals surface area contributed by atoms with Gasteiger partial charge < -0.3 is 9.84 Å². The van der Waals surface area contributed by atoms with Crippen LogP contribution in [-0.4, -0.2) is 41.9 Å². The summed E-state index contributed by atoms with van der Waals surface area (Å²) in [5, 5.41) is 12.1. The first-order valence-electron chi connectivity index (χ1n) is 6.66. The van der Waals surface area contributed by atoms with Crippen molar-refractivity contribution in [3.63, 3.8) is 0 Å². The van der Waals surface area contributed by atoms with E-state index in [-0.39, 0.29) is 6.10 Å². The minimum absolute atomic E-state index is 0.177. The molecule has 0 radical (unpaired) electrons. The Morgan fingerprint density at radius 3 is 2.78 bits per heavy atom. The fourth-order valence-corrected chi connectivity index (χ4v) is 2.57. The van der Waals surface area contributed by atoms with Gasteiger partial charge in [-0.05, 0) is 38.3 Å². The molecule has 0 aliphatic carbocycles. The average Bonchev–Trinajstić information content (AvgIpc) is 2.79. The Morgan fingerprint density at radius 2 is 2.22 bits per heavy atom. The molecule has 0 saturated heterocycles. The number of aliphatic hydroxyl groups excluding tert-OH is 1. The van der Waals surface area contributed by atoms with E-state index >= 15 is 0 Å². The molecule has 0 amide bonds. The Bertz CT molecular complexity index is 301. The second kappa shape index (κ2) is 8.64. The lowest BCUT2D eigenvalue weighted by Gasteiger charge is -2.24. The van der Waals surface area contributed by atoms with Crippen LogP contribution >= 0.6 is 11.3 Å². The number of rotatable bonds is 9. The quantitative estimate of drug-likeness (QED) is 0.749. The van der Waals surface area contributed by atoms with Crippen LogP contribution in [0, 0.1) is 0 Å². The Hall–Kier alpha value is -0.420. The Labute approximate surface area is 114 Å². The molecular formula is C14H25NO2S. The first kappa shape index (κ1) is 15.6. The Balaban J connectivity index is 2.36.